The van der Waals surface area contributed by atoms with Gasteiger partial charge in [0.2, 0.25) is 0 Å². The number of aromatic carboxylic acids is 1. The summed E-state index contributed by atoms with van der Waals surface area (Å²) in [5.41, 5.74) is -1.42. The summed E-state index contributed by atoms with van der Waals surface area (Å²) in [7, 11) is 1.49. The summed E-state index contributed by atoms with van der Waals surface area (Å²) in [5.74, 6) is -1.17. The Labute approximate surface area is 106 Å². The molecule has 0 amide bonds. The molecule has 0 saturated heterocycles. The van der Waals surface area contributed by atoms with Crippen LogP contribution in [0, 0.1) is 0 Å². The number of carboxylic acids is 1. The molecule has 0 bridgehead atoms. The Hall–Kier alpha value is -2.71. The summed E-state index contributed by atoms with van der Waals surface area (Å²) in [6, 6.07) is 0. The minimum atomic E-state index is -1.17. The van der Waals surface area contributed by atoms with Crippen LogP contribution < -0.4 is 11.1 Å². The average Bonchev–Trinajstić information content (AvgIpc) is 2.84. The van der Waals surface area contributed by atoms with Crippen molar-refractivity contribution in [1.82, 2.24) is 24.1 Å². The Morgan fingerprint density at radius 1 is 1.26 bits per heavy atom. The fraction of sp³-hybridized carbons (Fsp3) is 0.300. The van der Waals surface area contributed by atoms with Gasteiger partial charge >= 0.3 is 17.1 Å². The molecule has 0 spiro atoms. The molecule has 1 N–H and O–H groups in total. The van der Waals surface area contributed by atoms with E-state index in [1.165, 1.54) is 39.5 Å². The van der Waals surface area contributed by atoms with E-state index in [1.54, 1.807) is 0 Å². The van der Waals surface area contributed by atoms with Gasteiger partial charge in [-0.15, -0.1) is 5.10 Å². The largest absolute Gasteiger partial charge is 0.476 e. The quantitative estimate of drug-likeness (QED) is 0.676. The van der Waals surface area contributed by atoms with Gasteiger partial charge in [-0.3, -0.25) is 9.59 Å². The zero-order valence-electron chi connectivity index (χ0n) is 10.1. The Morgan fingerprint density at radius 2 is 2.00 bits per heavy atom. The Bertz CT molecular complexity index is 726. The lowest BCUT2D eigenvalue weighted by Crippen LogP contribution is -2.40. The van der Waals surface area contributed by atoms with E-state index in [9.17, 15) is 14.4 Å². The predicted octanol–water partition coefficient (Wildman–Crippen LogP) is -1.46. The SMILES string of the molecule is Cn1ccn(CCn2cc(C(=O)O)nn2)c(=O)c1=O. The third-order valence-electron chi connectivity index (χ3n) is 2.56. The molecular weight excluding hydrogens is 254 g/mol. The standard InChI is InChI=1S/C10H11N5O4/c1-13-2-3-14(9(17)8(13)16)4-5-15-6-7(10(18)19)11-12-15/h2-3,6H,4-5H2,1H3,(H,18,19). The summed E-state index contributed by atoms with van der Waals surface area (Å²) >= 11 is 0. The van der Waals surface area contributed by atoms with Crippen LogP contribution in [0.3, 0.4) is 0 Å². The van der Waals surface area contributed by atoms with E-state index >= 15 is 0 Å². The van der Waals surface area contributed by atoms with Gasteiger partial charge in [-0.25, -0.2) is 9.48 Å². The topological polar surface area (TPSA) is 112 Å². The molecular formula is C10H11N5O4. The average molecular weight is 265 g/mol. The lowest BCUT2D eigenvalue weighted by molar-refractivity contribution is 0.0690. The molecule has 9 heteroatoms. The highest BCUT2D eigenvalue weighted by Crippen LogP contribution is 1.93. The second-order valence-corrected chi connectivity index (χ2v) is 3.88. The molecule has 2 heterocycles. The van der Waals surface area contributed by atoms with Crippen molar-refractivity contribution in [1.29, 1.82) is 0 Å². The van der Waals surface area contributed by atoms with Crippen LogP contribution in [-0.2, 0) is 20.1 Å². The van der Waals surface area contributed by atoms with Crippen molar-refractivity contribution in [2.45, 2.75) is 13.1 Å². The lowest BCUT2D eigenvalue weighted by atomic mass is 10.5. The Morgan fingerprint density at radius 3 is 2.63 bits per heavy atom. The van der Waals surface area contributed by atoms with Crippen molar-refractivity contribution in [2.24, 2.45) is 7.05 Å². The van der Waals surface area contributed by atoms with Gasteiger partial charge in [-0.1, -0.05) is 5.21 Å². The number of aryl methyl sites for hydroxylation is 3. The van der Waals surface area contributed by atoms with Crippen LogP contribution >= 0.6 is 0 Å². The van der Waals surface area contributed by atoms with E-state index in [4.69, 9.17) is 5.11 Å². The van der Waals surface area contributed by atoms with Gasteiger partial charge in [0, 0.05) is 26.0 Å². The first-order valence-electron chi connectivity index (χ1n) is 5.38. The molecule has 0 aliphatic heterocycles. The van der Waals surface area contributed by atoms with Crippen LogP contribution in [0.1, 0.15) is 10.5 Å². The first kappa shape index (κ1) is 12.7. The van der Waals surface area contributed by atoms with Gasteiger partial charge in [0.05, 0.1) is 12.7 Å². The minimum absolute atomic E-state index is 0.170. The normalized spacial score (nSPS) is 10.6. The number of rotatable bonds is 4. The molecule has 0 unspecified atom stereocenters. The molecule has 19 heavy (non-hydrogen) atoms. The summed E-state index contributed by atoms with van der Waals surface area (Å²) in [6.45, 7) is 0.449. The smallest absolute Gasteiger partial charge is 0.358 e. The van der Waals surface area contributed by atoms with Crippen LogP contribution in [0.15, 0.2) is 28.2 Å². The van der Waals surface area contributed by atoms with E-state index in [2.05, 4.69) is 10.3 Å². The molecule has 0 saturated carbocycles. The zero-order valence-corrected chi connectivity index (χ0v) is 10.1. The van der Waals surface area contributed by atoms with Crippen LogP contribution in [0.4, 0.5) is 0 Å². The fourth-order valence-electron chi connectivity index (χ4n) is 1.48. The first-order valence-corrected chi connectivity index (χ1v) is 5.38. The van der Waals surface area contributed by atoms with E-state index < -0.39 is 17.1 Å². The Kier molecular flexibility index (Phi) is 3.27. The third-order valence-corrected chi connectivity index (χ3v) is 2.56. The van der Waals surface area contributed by atoms with Crippen LogP contribution in [0.25, 0.3) is 0 Å². The van der Waals surface area contributed by atoms with Crippen molar-refractivity contribution in [3.63, 3.8) is 0 Å². The van der Waals surface area contributed by atoms with Gasteiger partial charge in [-0.2, -0.15) is 0 Å². The van der Waals surface area contributed by atoms with Gasteiger partial charge in [0.1, 0.15) is 0 Å². The lowest BCUT2D eigenvalue weighted by Gasteiger charge is -2.05. The number of carboxylic acid groups (broad SMARTS) is 1. The summed E-state index contributed by atoms with van der Waals surface area (Å²) in [5, 5.41) is 15.7. The molecule has 0 radical (unpaired) electrons. The molecule has 2 rings (SSSR count). The van der Waals surface area contributed by atoms with Gasteiger partial charge in [0.15, 0.2) is 5.69 Å². The highest BCUT2D eigenvalue weighted by Gasteiger charge is 2.08. The minimum Gasteiger partial charge on any atom is -0.476 e. The van der Waals surface area contributed by atoms with E-state index in [0.717, 1.165) is 0 Å². The monoisotopic (exact) mass is 265 g/mol. The van der Waals surface area contributed by atoms with E-state index in [1.807, 2.05) is 0 Å². The van der Waals surface area contributed by atoms with Gasteiger partial charge < -0.3 is 14.2 Å². The highest BCUT2D eigenvalue weighted by molar-refractivity contribution is 5.84. The number of hydrogen-bond acceptors (Lipinski definition) is 5. The summed E-state index contributed by atoms with van der Waals surface area (Å²) in [6.07, 6.45) is 4.22. The third kappa shape index (κ3) is 2.59. The maximum Gasteiger partial charge on any atom is 0.358 e. The fourth-order valence-corrected chi connectivity index (χ4v) is 1.48. The van der Waals surface area contributed by atoms with Crippen molar-refractivity contribution < 1.29 is 9.90 Å². The molecule has 0 aliphatic rings. The molecule has 2 aromatic heterocycles. The molecule has 0 atom stereocenters. The molecule has 0 fully saturated rings. The maximum atomic E-state index is 11.6. The van der Waals surface area contributed by atoms with Crippen molar-refractivity contribution >= 4 is 5.97 Å². The number of hydrogen-bond donors (Lipinski definition) is 1. The number of carbonyl (C=O) groups is 1. The first-order chi connectivity index (χ1) is 8.99. The second kappa shape index (κ2) is 4.88. The molecule has 9 nitrogen and oxygen atoms in total. The number of aromatic nitrogens is 5. The van der Waals surface area contributed by atoms with Crippen LogP contribution in [0.2, 0.25) is 0 Å². The van der Waals surface area contributed by atoms with Crippen molar-refractivity contribution in [3.8, 4) is 0 Å². The van der Waals surface area contributed by atoms with E-state index in [0.29, 0.717) is 0 Å². The maximum absolute atomic E-state index is 11.6. The second-order valence-electron chi connectivity index (χ2n) is 3.88. The van der Waals surface area contributed by atoms with E-state index in [-0.39, 0.29) is 18.8 Å². The number of nitrogens with zero attached hydrogens (tertiary/aromatic N) is 5. The molecule has 0 aromatic carbocycles. The van der Waals surface area contributed by atoms with Crippen LogP contribution in [0.5, 0.6) is 0 Å². The highest BCUT2D eigenvalue weighted by atomic mass is 16.4. The van der Waals surface area contributed by atoms with Crippen molar-refractivity contribution in [2.75, 3.05) is 0 Å². The predicted molar refractivity (Wildman–Crippen MR) is 62.9 cm³/mol. The van der Waals surface area contributed by atoms with Gasteiger partial charge in [0.25, 0.3) is 0 Å². The van der Waals surface area contributed by atoms with Gasteiger partial charge in [-0.05, 0) is 0 Å². The molecule has 2 aromatic rings. The zero-order chi connectivity index (χ0) is 14.0. The van der Waals surface area contributed by atoms with Crippen molar-refractivity contribution in [3.05, 3.63) is 45.0 Å². The molecule has 100 valence electrons. The summed E-state index contributed by atoms with van der Waals surface area (Å²) < 4.78 is 3.73. The molecule has 0 aliphatic carbocycles. The summed E-state index contributed by atoms with van der Waals surface area (Å²) in [4.78, 5) is 33.6. The van der Waals surface area contributed by atoms with Crippen LogP contribution in [-0.4, -0.2) is 35.2 Å². The Balaban J connectivity index is 2.15.